The Bertz CT molecular complexity index is 341. The van der Waals surface area contributed by atoms with E-state index in [4.69, 9.17) is 4.74 Å². The van der Waals surface area contributed by atoms with Crippen LogP contribution in [0.25, 0.3) is 0 Å². The third kappa shape index (κ3) is 0.971. The fraction of sp³-hybridized carbons (Fsp3) is 0.333. The Morgan fingerprint density at radius 3 is 2.85 bits per heavy atom. The van der Waals surface area contributed by atoms with E-state index < -0.39 is 0 Å². The number of rotatable bonds is 1. The van der Waals surface area contributed by atoms with Crippen LogP contribution < -0.4 is 0 Å². The molecule has 1 nitrogen and oxygen atoms in total. The van der Waals surface area contributed by atoms with E-state index in [1.165, 1.54) is 18.4 Å². The van der Waals surface area contributed by atoms with Crippen LogP contribution in [0.15, 0.2) is 42.5 Å². The van der Waals surface area contributed by atoms with Gasteiger partial charge in [0.2, 0.25) is 0 Å². The second-order valence-electron chi connectivity index (χ2n) is 3.75. The summed E-state index contributed by atoms with van der Waals surface area (Å²) in [6.07, 6.45) is 7.23. The van der Waals surface area contributed by atoms with Crippen molar-refractivity contribution >= 4 is 0 Å². The Kier molecular flexibility index (Phi) is 1.39. The Morgan fingerprint density at radius 1 is 1.23 bits per heavy atom. The van der Waals surface area contributed by atoms with Crippen LogP contribution in [-0.4, -0.2) is 6.10 Å². The third-order valence-electron chi connectivity index (χ3n) is 2.94. The van der Waals surface area contributed by atoms with Crippen LogP contribution in [0.3, 0.4) is 0 Å². The van der Waals surface area contributed by atoms with E-state index in [1.54, 1.807) is 0 Å². The molecule has 0 amide bonds. The predicted octanol–water partition coefficient (Wildman–Crippen LogP) is 2.63. The molecule has 1 aromatic rings. The molecule has 1 heteroatoms. The van der Waals surface area contributed by atoms with Crippen molar-refractivity contribution in [1.29, 1.82) is 0 Å². The van der Waals surface area contributed by atoms with E-state index in [2.05, 4.69) is 36.4 Å². The fourth-order valence-electron chi connectivity index (χ4n) is 2.18. The molecule has 3 rings (SSSR count). The molecule has 0 N–H and O–H groups in total. The highest BCUT2D eigenvalue weighted by atomic mass is 16.6. The van der Waals surface area contributed by atoms with Crippen LogP contribution in [-0.2, 0) is 10.3 Å². The molecule has 0 radical (unpaired) electrons. The van der Waals surface area contributed by atoms with E-state index in [9.17, 15) is 0 Å². The van der Waals surface area contributed by atoms with Gasteiger partial charge in [-0.25, -0.2) is 0 Å². The average molecular weight is 172 g/mol. The largest absolute Gasteiger partial charge is 0.356 e. The summed E-state index contributed by atoms with van der Waals surface area (Å²) in [7, 11) is 0. The van der Waals surface area contributed by atoms with Gasteiger partial charge in [0.25, 0.3) is 0 Å². The molecule has 1 aromatic carbocycles. The summed E-state index contributed by atoms with van der Waals surface area (Å²) in [6.45, 7) is 0. The number of hydrogen-bond donors (Lipinski definition) is 0. The monoisotopic (exact) mass is 172 g/mol. The van der Waals surface area contributed by atoms with Gasteiger partial charge >= 0.3 is 0 Å². The van der Waals surface area contributed by atoms with Crippen molar-refractivity contribution in [2.24, 2.45) is 0 Å². The maximum Gasteiger partial charge on any atom is 0.138 e. The molecular formula is C12H12O. The highest BCUT2D eigenvalue weighted by Crippen LogP contribution is 2.51. The first-order valence-corrected chi connectivity index (χ1v) is 4.83. The number of hydrogen-bond acceptors (Lipinski definition) is 1. The van der Waals surface area contributed by atoms with E-state index >= 15 is 0 Å². The van der Waals surface area contributed by atoms with Gasteiger partial charge in [-0.1, -0.05) is 36.4 Å². The molecule has 0 spiro atoms. The van der Waals surface area contributed by atoms with Crippen molar-refractivity contribution in [1.82, 2.24) is 0 Å². The number of allylic oxidation sites excluding steroid dienone is 1. The molecule has 0 unspecified atom stereocenters. The molecule has 66 valence electrons. The SMILES string of the molecule is C1=C[C@@]2(c3ccccc3)O[C@H]2CC1. The molecule has 13 heavy (non-hydrogen) atoms. The number of fused-ring (bicyclic) bond motifs is 1. The van der Waals surface area contributed by atoms with Crippen LogP contribution in [0.1, 0.15) is 18.4 Å². The van der Waals surface area contributed by atoms with Gasteiger partial charge in [0, 0.05) is 0 Å². The second-order valence-corrected chi connectivity index (χ2v) is 3.75. The maximum absolute atomic E-state index is 5.76. The summed E-state index contributed by atoms with van der Waals surface area (Å²) >= 11 is 0. The Labute approximate surface area is 78.0 Å². The van der Waals surface area contributed by atoms with Crippen molar-refractivity contribution < 1.29 is 4.74 Å². The number of benzene rings is 1. The van der Waals surface area contributed by atoms with Crippen molar-refractivity contribution in [3.63, 3.8) is 0 Å². The van der Waals surface area contributed by atoms with Crippen molar-refractivity contribution in [3.8, 4) is 0 Å². The first-order chi connectivity index (χ1) is 6.42. The normalized spacial score (nSPS) is 35.5. The van der Waals surface area contributed by atoms with Gasteiger partial charge in [-0.3, -0.25) is 0 Å². The topological polar surface area (TPSA) is 12.5 Å². The summed E-state index contributed by atoms with van der Waals surface area (Å²) in [6, 6.07) is 10.5. The van der Waals surface area contributed by atoms with E-state index in [1.807, 2.05) is 6.07 Å². The van der Waals surface area contributed by atoms with E-state index in [-0.39, 0.29) is 5.60 Å². The minimum absolute atomic E-state index is 0.0422. The predicted molar refractivity (Wildman–Crippen MR) is 51.4 cm³/mol. The zero-order chi connectivity index (χ0) is 8.73. The molecule has 1 fully saturated rings. The number of ether oxygens (including phenoxy) is 1. The smallest absolute Gasteiger partial charge is 0.138 e. The van der Waals surface area contributed by atoms with E-state index in [0.29, 0.717) is 6.10 Å². The zero-order valence-electron chi connectivity index (χ0n) is 7.44. The first kappa shape index (κ1) is 7.34. The molecule has 1 saturated heterocycles. The average Bonchev–Trinajstić information content (AvgIpc) is 2.94. The van der Waals surface area contributed by atoms with Crippen molar-refractivity contribution in [2.45, 2.75) is 24.5 Å². The quantitative estimate of drug-likeness (QED) is 0.468. The summed E-state index contributed by atoms with van der Waals surface area (Å²) in [4.78, 5) is 0. The molecule has 0 aromatic heterocycles. The molecule has 1 heterocycles. The standard InChI is InChI=1S/C12H12O/c1-2-6-10(7-3-1)12-9-5-4-8-11(12)13-12/h1-3,5-7,9,11H,4,8H2/t11-,12-/m0/s1. The second kappa shape index (κ2) is 2.46. The zero-order valence-corrected chi connectivity index (χ0v) is 7.44. The van der Waals surface area contributed by atoms with Gasteiger partial charge in [0.1, 0.15) is 5.60 Å². The summed E-state index contributed by atoms with van der Waals surface area (Å²) < 4.78 is 5.76. The lowest BCUT2D eigenvalue weighted by atomic mass is 9.89. The van der Waals surface area contributed by atoms with Crippen LogP contribution >= 0.6 is 0 Å². The Hall–Kier alpha value is -1.08. The molecule has 2 atom stereocenters. The maximum atomic E-state index is 5.76. The number of epoxide rings is 1. The molecule has 2 aliphatic rings. The highest BCUT2D eigenvalue weighted by Gasteiger charge is 2.56. The van der Waals surface area contributed by atoms with Gasteiger partial charge in [-0.05, 0) is 24.5 Å². The van der Waals surface area contributed by atoms with Gasteiger partial charge < -0.3 is 4.74 Å². The Balaban J connectivity index is 2.02. The molecule has 0 saturated carbocycles. The molecule has 1 aliphatic heterocycles. The Morgan fingerprint density at radius 2 is 2.08 bits per heavy atom. The lowest BCUT2D eigenvalue weighted by Gasteiger charge is -2.11. The van der Waals surface area contributed by atoms with E-state index in [0.717, 1.165) is 0 Å². The van der Waals surface area contributed by atoms with Gasteiger partial charge in [0.05, 0.1) is 6.10 Å². The van der Waals surface area contributed by atoms with Gasteiger partial charge in [-0.15, -0.1) is 0 Å². The minimum atomic E-state index is -0.0422. The van der Waals surface area contributed by atoms with Crippen LogP contribution in [0.5, 0.6) is 0 Å². The van der Waals surface area contributed by atoms with Crippen LogP contribution in [0.2, 0.25) is 0 Å². The lowest BCUT2D eigenvalue weighted by molar-refractivity contribution is 0.334. The minimum Gasteiger partial charge on any atom is -0.356 e. The summed E-state index contributed by atoms with van der Waals surface area (Å²) in [5.41, 5.74) is 1.26. The molecule has 0 bridgehead atoms. The third-order valence-corrected chi connectivity index (χ3v) is 2.94. The van der Waals surface area contributed by atoms with Crippen molar-refractivity contribution in [2.75, 3.05) is 0 Å². The van der Waals surface area contributed by atoms with Crippen LogP contribution in [0.4, 0.5) is 0 Å². The lowest BCUT2D eigenvalue weighted by Crippen LogP contribution is -2.12. The van der Waals surface area contributed by atoms with Crippen LogP contribution in [0, 0.1) is 0 Å². The highest BCUT2D eigenvalue weighted by molar-refractivity contribution is 5.36. The van der Waals surface area contributed by atoms with Crippen molar-refractivity contribution in [3.05, 3.63) is 48.0 Å². The van der Waals surface area contributed by atoms with Gasteiger partial charge in [-0.2, -0.15) is 0 Å². The summed E-state index contributed by atoms with van der Waals surface area (Å²) in [5.74, 6) is 0. The fourth-order valence-corrected chi connectivity index (χ4v) is 2.18. The first-order valence-electron chi connectivity index (χ1n) is 4.83. The summed E-state index contributed by atoms with van der Waals surface area (Å²) in [5, 5.41) is 0. The van der Waals surface area contributed by atoms with Gasteiger partial charge in [0.15, 0.2) is 0 Å². The molecular weight excluding hydrogens is 160 g/mol. The molecule has 1 aliphatic carbocycles.